The zero-order valence-electron chi connectivity index (χ0n) is 21.9. The predicted octanol–water partition coefficient (Wildman–Crippen LogP) is 4.10. The quantitative estimate of drug-likeness (QED) is 0.549. The van der Waals surface area contributed by atoms with Gasteiger partial charge in [0.25, 0.3) is 0 Å². The van der Waals surface area contributed by atoms with Crippen molar-refractivity contribution in [1.29, 1.82) is 0 Å². The van der Waals surface area contributed by atoms with E-state index in [1.54, 1.807) is 20.8 Å². The van der Waals surface area contributed by atoms with Crippen molar-refractivity contribution < 1.29 is 28.5 Å². The third-order valence-corrected chi connectivity index (χ3v) is 6.51. The van der Waals surface area contributed by atoms with E-state index in [2.05, 4.69) is 17.3 Å². The van der Waals surface area contributed by atoms with Gasteiger partial charge in [-0.2, -0.15) is 0 Å². The maximum atomic E-state index is 12.2. The number of hydrogen-bond acceptors (Lipinski definition) is 7. The molecule has 0 aromatic heterocycles. The van der Waals surface area contributed by atoms with Crippen molar-refractivity contribution in [3.63, 3.8) is 0 Å². The Bertz CT molecular complexity index is 806. The number of benzene rings is 1. The zero-order valence-corrected chi connectivity index (χ0v) is 21.9. The van der Waals surface area contributed by atoms with E-state index in [9.17, 15) is 9.59 Å². The van der Waals surface area contributed by atoms with Crippen LogP contribution in [0.15, 0.2) is 24.3 Å². The molecule has 1 heterocycles. The second-order valence-electron chi connectivity index (χ2n) is 10.7. The van der Waals surface area contributed by atoms with E-state index in [-0.39, 0.29) is 6.10 Å². The van der Waals surface area contributed by atoms with Gasteiger partial charge < -0.3 is 29.2 Å². The minimum absolute atomic E-state index is 0.190. The van der Waals surface area contributed by atoms with Crippen molar-refractivity contribution in [1.82, 2.24) is 10.2 Å². The Morgan fingerprint density at radius 2 is 1.54 bits per heavy atom. The Kier molecular flexibility index (Phi) is 9.80. The number of hydrogen-bond donors (Lipinski definition) is 1. The number of esters is 1. The summed E-state index contributed by atoms with van der Waals surface area (Å²) < 4.78 is 22.7. The molecule has 8 nitrogen and oxygen atoms in total. The molecule has 1 aromatic carbocycles. The van der Waals surface area contributed by atoms with Crippen molar-refractivity contribution in [2.24, 2.45) is 0 Å². The first-order chi connectivity index (χ1) is 16.6. The molecule has 3 rings (SSSR count). The van der Waals surface area contributed by atoms with Crippen molar-refractivity contribution in [2.45, 2.75) is 95.7 Å². The van der Waals surface area contributed by atoms with Crippen molar-refractivity contribution in [3.8, 4) is 5.75 Å². The van der Waals surface area contributed by atoms with Gasteiger partial charge in [0.05, 0.1) is 25.4 Å². The standard InChI is InChI=1S/C27H42N2O6/c1-27(2,3)35-26(31)28-24(25(30)32-5)18-19-6-8-20(9-7-19)33-21-10-12-22(13-11-21)34-23-14-16-29(4)17-15-23/h6-9,21-24H,10-18H2,1-5H3,(H,28,31)/t21-,22-,24-/m1/s1. The average Bonchev–Trinajstić information content (AvgIpc) is 2.81. The van der Waals surface area contributed by atoms with Crippen LogP contribution in [0.25, 0.3) is 0 Å². The van der Waals surface area contributed by atoms with Crippen molar-refractivity contribution in [2.75, 3.05) is 27.2 Å². The lowest BCUT2D eigenvalue weighted by Crippen LogP contribution is -2.45. The molecule has 0 spiro atoms. The molecule has 0 bridgehead atoms. The maximum Gasteiger partial charge on any atom is 0.408 e. The molecule has 1 amide bonds. The zero-order chi connectivity index (χ0) is 25.4. The number of rotatable bonds is 8. The van der Waals surface area contributed by atoms with Gasteiger partial charge in [0.15, 0.2) is 0 Å². The summed E-state index contributed by atoms with van der Waals surface area (Å²) in [6, 6.07) is 6.83. The minimum atomic E-state index is -0.832. The van der Waals surface area contributed by atoms with Crippen LogP contribution in [0.4, 0.5) is 4.79 Å². The van der Waals surface area contributed by atoms with Crippen LogP contribution in [-0.4, -0.2) is 74.2 Å². The molecule has 196 valence electrons. The Balaban J connectivity index is 1.45. The van der Waals surface area contributed by atoms with Gasteiger partial charge in [-0.1, -0.05) is 12.1 Å². The van der Waals surface area contributed by atoms with Crippen molar-refractivity contribution in [3.05, 3.63) is 29.8 Å². The predicted molar refractivity (Wildman–Crippen MR) is 134 cm³/mol. The van der Waals surface area contributed by atoms with Gasteiger partial charge in [0.2, 0.25) is 0 Å². The molecule has 1 saturated carbocycles. The van der Waals surface area contributed by atoms with Crippen molar-refractivity contribution >= 4 is 12.1 Å². The Hall–Kier alpha value is -2.32. The summed E-state index contributed by atoms with van der Waals surface area (Å²) >= 11 is 0. The van der Waals surface area contributed by atoms with Crippen LogP contribution in [0.1, 0.15) is 64.9 Å². The molecule has 1 aliphatic heterocycles. The van der Waals surface area contributed by atoms with E-state index in [4.69, 9.17) is 18.9 Å². The second-order valence-corrected chi connectivity index (χ2v) is 10.7. The summed E-state index contributed by atoms with van der Waals surface area (Å²) in [6.07, 6.45) is 6.89. The first kappa shape index (κ1) is 27.3. The molecular weight excluding hydrogens is 448 g/mol. The fourth-order valence-electron chi connectivity index (χ4n) is 4.60. The monoisotopic (exact) mass is 490 g/mol. The highest BCUT2D eigenvalue weighted by atomic mass is 16.6. The van der Waals surface area contributed by atoms with Gasteiger partial charge in [0.1, 0.15) is 17.4 Å². The molecule has 2 aliphatic rings. The molecule has 1 N–H and O–H groups in total. The smallest absolute Gasteiger partial charge is 0.408 e. The fraction of sp³-hybridized carbons (Fsp3) is 0.704. The lowest BCUT2D eigenvalue weighted by molar-refractivity contribution is -0.143. The number of carbonyl (C=O) groups is 2. The van der Waals surface area contributed by atoms with Crippen LogP contribution in [0.2, 0.25) is 0 Å². The highest BCUT2D eigenvalue weighted by molar-refractivity contribution is 5.81. The number of alkyl carbamates (subject to hydrolysis) is 1. The van der Waals surface area contributed by atoms with E-state index >= 15 is 0 Å². The van der Waals surface area contributed by atoms with Gasteiger partial charge >= 0.3 is 12.1 Å². The maximum absolute atomic E-state index is 12.2. The number of amides is 1. The van der Waals surface area contributed by atoms with Crippen LogP contribution in [-0.2, 0) is 25.4 Å². The molecule has 8 heteroatoms. The number of methoxy groups -OCH3 is 1. The Morgan fingerprint density at radius 1 is 0.971 bits per heavy atom. The lowest BCUT2D eigenvalue weighted by atomic mass is 9.94. The summed E-state index contributed by atoms with van der Waals surface area (Å²) in [6.45, 7) is 7.56. The van der Waals surface area contributed by atoms with Crippen LogP contribution < -0.4 is 10.1 Å². The SMILES string of the molecule is COC(=O)[C@@H](Cc1ccc(O[C@H]2CC[C@H](OC3CCN(C)CC3)CC2)cc1)NC(=O)OC(C)(C)C. The van der Waals surface area contributed by atoms with Crippen LogP contribution >= 0.6 is 0 Å². The highest BCUT2D eigenvalue weighted by Crippen LogP contribution is 2.28. The van der Waals surface area contributed by atoms with Gasteiger partial charge in [-0.15, -0.1) is 0 Å². The summed E-state index contributed by atoms with van der Waals surface area (Å²) in [4.78, 5) is 26.7. The molecule has 1 atom stereocenters. The summed E-state index contributed by atoms with van der Waals surface area (Å²) in [5.74, 6) is 0.290. The number of carbonyl (C=O) groups excluding carboxylic acids is 2. The molecule has 0 unspecified atom stereocenters. The van der Waals surface area contributed by atoms with Gasteiger partial charge in [-0.3, -0.25) is 0 Å². The summed E-state index contributed by atoms with van der Waals surface area (Å²) in [7, 11) is 3.47. The molecule has 35 heavy (non-hydrogen) atoms. The van der Waals surface area contributed by atoms with Crippen LogP contribution in [0, 0.1) is 0 Å². The number of nitrogens with zero attached hydrogens (tertiary/aromatic N) is 1. The van der Waals surface area contributed by atoms with E-state index in [1.807, 2.05) is 24.3 Å². The van der Waals surface area contributed by atoms with E-state index in [0.717, 1.165) is 62.9 Å². The lowest BCUT2D eigenvalue weighted by Gasteiger charge is -2.35. The van der Waals surface area contributed by atoms with E-state index in [1.165, 1.54) is 7.11 Å². The van der Waals surface area contributed by atoms with Crippen LogP contribution in [0.5, 0.6) is 5.75 Å². The second kappa shape index (κ2) is 12.6. The molecule has 1 saturated heterocycles. The third kappa shape index (κ3) is 9.33. The number of ether oxygens (including phenoxy) is 4. The van der Waals surface area contributed by atoms with Gasteiger partial charge in [-0.05, 0) is 84.0 Å². The number of nitrogens with one attached hydrogen (secondary N) is 1. The largest absolute Gasteiger partial charge is 0.490 e. The fourth-order valence-corrected chi connectivity index (χ4v) is 4.60. The Labute approximate surface area is 209 Å². The first-order valence-corrected chi connectivity index (χ1v) is 12.8. The van der Waals surface area contributed by atoms with E-state index < -0.39 is 23.7 Å². The van der Waals surface area contributed by atoms with Crippen LogP contribution in [0.3, 0.4) is 0 Å². The molecular formula is C27H42N2O6. The normalized spacial score (nSPS) is 22.8. The Morgan fingerprint density at radius 3 is 2.11 bits per heavy atom. The summed E-state index contributed by atoms with van der Waals surface area (Å²) in [5.41, 5.74) is 0.237. The molecule has 0 radical (unpaired) electrons. The minimum Gasteiger partial charge on any atom is -0.490 e. The molecule has 1 aliphatic carbocycles. The van der Waals surface area contributed by atoms with E-state index in [0.29, 0.717) is 18.6 Å². The number of piperidine rings is 1. The number of likely N-dealkylation sites (tertiary alicyclic amines) is 1. The molecule has 2 fully saturated rings. The highest BCUT2D eigenvalue weighted by Gasteiger charge is 2.28. The first-order valence-electron chi connectivity index (χ1n) is 12.8. The molecule has 1 aromatic rings. The topological polar surface area (TPSA) is 86.3 Å². The van der Waals surface area contributed by atoms with Gasteiger partial charge in [-0.25, -0.2) is 9.59 Å². The summed E-state index contributed by atoms with van der Waals surface area (Å²) in [5, 5.41) is 2.61. The third-order valence-electron chi connectivity index (χ3n) is 6.51. The average molecular weight is 491 g/mol. The van der Waals surface area contributed by atoms with Gasteiger partial charge in [0, 0.05) is 19.5 Å².